The highest BCUT2D eigenvalue weighted by molar-refractivity contribution is 5.92. The molecule has 0 spiro atoms. The zero-order valence-corrected chi connectivity index (χ0v) is 16.8. The topological polar surface area (TPSA) is 52.7 Å². The van der Waals surface area contributed by atoms with E-state index in [4.69, 9.17) is 0 Å². The van der Waals surface area contributed by atoms with Crippen LogP contribution in [0.4, 0.5) is 5.69 Å². The van der Waals surface area contributed by atoms with Gasteiger partial charge in [0.1, 0.15) is 0 Å². The fourth-order valence-corrected chi connectivity index (χ4v) is 3.21. The smallest absolute Gasteiger partial charge is 0.246 e. The molecule has 2 aromatic rings. The van der Waals surface area contributed by atoms with Crippen LogP contribution in [0.15, 0.2) is 66.7 Å². The number of piperazine rings is 1. The van der Waals surface area contributed by atoms with Gasteiger partial charge in [0.2, 0.25) is 11.8 Å². The van der Waals surface area contributed by atoms with Crippen molar-refractivity contribution >= 4 is 29.7 Å². The van der Waals surface area contributed by atoms with E-state index < -0.39 is 0 Å². The summed E-state index contributed by atoms with van der Waals surface area (Å²) in [5.41, 5.74) is 2.88. The van der Waals surface area contributed by atoms with Gasteiger partial charge in [-0.25, -0.2) is 0 Å². The van der Waals surface area contributed by atoms with Crippen LogP contribution in [0.2, 0.25) is 0 Å². The number of hydrogen-bond donors (Lipinski definition) is 1. The van der Waals surface area contributed by atoms with Crippen LogP contribution in [0.5, 0.6) is 0 Å². The van der Waals surface area contributed by atoms with E-state index >= 15 is 0 Å². The fraction of sp³-hybridized carbons (Fsp3) is 0.250. The zero-order chi connectivity index (χ0) is 20.5. The van der Waals surface area contributed by atoms with E-state index in [1.165, 1.54) is 12.5 Å². The summed E-state index contributed by atoms with van der Waals surface area (Å²) >= 11 is 0. The third-order valence-corrected chi connectivity index (χ3v) is 4.81. The summed E-state index contributed by atoms with van der Waals surface area (Å²) in [6.45, 7) is 5.61. The third-order valence-electron chi connectivity index (χ3n) is 4.81. The summed E-state index contributed by atoms with van der Waals surface area (Å²) in [4.78, 5) is 27.7. The van der Waals surface area contributed by atoms with Gasteiger partial charge in [-0.2, -0.15) is 0 Å². The van der Waals surface area contributed by atoms with E-state index in [0.717, 1.165) is 44.0 Å². The Kier molecular flexibility index (Phi) is 7.36. The fourth-order valence-electron chi connectivity index (χ4n) is 3.21. The molecule has 0 atom stereocenters. The third kappa shape index (κ3) is 6.73. The molecule has 0 aromatic heterocycles. The molecule has 29 heavy (non-hydrogen) atoms. The number of hydrogen-bond acceptors (Lipinski definition) is 3. The van der Waals surface area contributed by atoms with Crippen molar-refractivity contribution in [2.45, 2.75) is 6.92 Å². The molecule has 1 N–H and O–H groups in total. The van der Waals surface area contributed by atoms with Gasteiger partial charge >= 0.3 is 0 Å². The molecule has 0 bridgehead atoms. The second-order valence-corrected chi connectivity index (χ2v) is 7.08. The molecule has 0 saturated carbocycles. The Morgan fingerprint density at radius 3 is 2.21 bits per heavy atom. The van der Waals surface area contributed by atoms with Crippen molar-refractivity contribution in [2.24, 2.45) is 0 Å². The van der Waals surface area contributed by atoms with Gasteiger partial charge in [0.15, 0.2) is 0 Å². The van der Waals surface area contributed by atoms with Crippen LogP contribution in [-0.4, -0.2) is 54.3 Å². The van der Waals surface area contributed by atoms with E-state index in [0.29, 0.717) is 0 Å². The van der Waals surface area contributed by atoms with Crippen molar-refractivity contribution in [3.05, 3.63) is 77.9 Å². The molecule has 0 unspecified atom stereocenters. The lowest BCUT2D eigenvalue weighted by Crippen LogP contribution is -2.48. The Labute approximate surface area is 172 Å². The molecule has 0 aliphatic carbocycles. The first kappa shape index (κ1) is 20.6. The Bertz CT molecular complexity index is 865. The lowest BCUT2D eigenvalue weighted by molar-refractivity contribution is -0.127. The molecule has 1 aliphatic heterocycles. The summed E-state index contributed by atoms with van der Waals surface area (Å²) < 4.78 is 0. The summed E-state index contributed by atoms with van der Waals surface area (Å²) in [6, 6.07) is 17.7. The van der Waals surface area contributed by atoms with Crippen LogP contribution in [-0.2, 0) is 9.59 Å². The van der Waals surface area contributed by atoms with E-state index in [-0.39, 0.29) is 11.8 Å². The Balaban J connectivity index is 1.43. The largest absolute Gasteiger partial charge is 0.337 e. The van der Waals surface area contributed by atoms with Crippen LogP contribution >= 0.6 is 0 Å². The molecule has 1 aliphatic rings. The molecule has 1 heterocycles. The van der Waals surface area contributed by atoms with Gasteiger partial charge < -0.3 is 10.2 Å². The Morgan fingerprint density at radius 1 is 0.897 bits per heavy atom. The summed E-state index contributed by atoms with van der Waals surface area (Å²) in [5, 5.41) is 2.73. The number of carbonyl (C=O) groups excluding carboxylic acids is 2. The van der Waals surface area contributed by atoms with Gasteiger partial charge in [-0.15, -0.1) is 0 Å². The monoisotopic (exact) mass is 389 g/mol. The van der Waals surface area contributed by atoms with Crippen molar-refractivity contribution < 1.29 is 9.59 Å². The van der Waals surface area contributed by atoms with Gasteiger partial charge in [-0.3, -0.25) is 14.5 Å². The highest BCUT2D eigenvalue weighted by Gasteiger charge is 2.18. The first-order valence-electron chi connectivity index (χ1n) is 9.89. The molecule has 1 saturated heterocycles. The standard InChI is InChI=1S/C24H27N3O2/c1-20(28)25-23-12-9-22(10-13-23)11-14-24(29)27-18-16-26(17-19-27)15-5-8-21-6-3-2-4-7-21/h2-14H,15-19H2,1H3,(H,25,28)/b8-5+,14-11+. The minimum Gasteiger partial charge on any atom is -0.337 e. The quantitative estimate of drug-likeness (QED) is 0.769. The number of benzene rings is 2. The van der Waals surface area contributed by atoms with Gasteiger partial charge in [0.05, 0.1) is 0 Å². The molecular weight excluding hydrogens is 362 g/mol. The molecule has 3 rings (SSSR count). The minimum absolute atomic E-state index is 0.0374. The van der Waals surface area contributed by atoms with E-state index in [1.807, 2.05) is 53.4 Å². The lowest BCUT2D eigenvalue weighted by atomic mass is 10.2. The predicted molar refractivity (Wildman–Crippen MR) is 118 cm³/mol. The van der Waals surface area contributed by atoms with Crippen molar-refractivity contribution in [1.82, 2.24) is 9.80 Å². The van der Waals surface area contributed by atoms with Crippen LogP contribution in [0.1, 0.15) is 18.1 Å². The van der Waals surface area contributed by atoms with Gasteiger partial charge in [-0.1, -0.05) is 54.6 Å². The number of anilines is 1. The molecule has 5 nitrogen and oxygen atoms in total. The highest BCUT2D eigenvalue weighted by Crippen LogP contribution is 2.11. The number of amides is 2. The number of rotatable bonds is 6. The molecule has 0 radical (unpaired) electrons. The van der Waals surface area contributed by atoms with Gasteiger partial charge in [-0.05, 0) is 29.3 Å². The number of nitrogens with zero attached hydrogens (tertiary/aromatic N) is 2. The second-order valence-electron chi connectivity index (χ2n) is 7.08. The maximum Gasteiger partial charge on any atom is 0.246 e. The van der Waals surface area contributed by atoms with Crippen LogP contribution in [0.3, 0.4) is 0 Å². The Morgan fingerprint density at radius 2 is 1.55 bits per heavy atom. The Hall–Kier alpha value is -3.18. The average Bonchev–Trinajstić information content (AvgIpc) is 2.74. The van der Waals surface area contributed by atoms with Crippen molar-refractivity contribution in [3.8, 4) is 0 Å². The van der Waals surface area contributed by atoms with E-state index in [1.54, 1.807) is 6.08 Å². The molecule has 2 amide bonds. The SMILES string of the molecule is CC(=O)Nc1ccc(/C=C/C(=O)N2CCN(C/C=C/c3ccccc3)CC2)cc1. The maximum absolute atomic E-state index is 12.4. The van der Waals surface area contributed by atoms with E-state index in [9.17, 15) is 9.59 Å². The molecule has 150 valence electrons. The van der Waals surface area contributed by atoms with Crippen molar-refractivity contribution in [3.63, 3.8) is 0 Å². The summed E-state index contributed by atoms with van der Waals surface area (Å²) in [5.74, 6) is -0.0615. The molecule has 5 heteroatoms. The highest BCUT2D eigenvalue weighted by atomic mass is 16.2. The second kappa shape index (κ2) is 10.4. The van der Waals surface area contributed by atoms with Gasteiger partial charge in [0, 0.05) is 51.4 Å². The summed E-state index contributed by atoms with van der Waals surface area (Å²) in [7, 11) is 0. The first-order valence-corrected chi connectivity index (χ1v) is 9.89. The van der Waals surface area contributed by atoms with Crippen LogP contribution < -0.4 is 5.32 Å². The average molecular weight is 389 g/mol. The number of nitrogens with one attached hydrogen (secondary N) is 1. The minimum atomic E-state index is -0.0989. The van der Waals surface area contributed by atoms with Crippen molar-refractivity contribution in [1.29, 1.82) is 0 Å². The van der Waals surface area contributed by atoms with Crippen molar-refractivity contribution in [2.75, 3.05) is 38.0 Å². The predicted octanol–water partition coefficient (Wildman–Crippen LogP) is 3.52. The zero-order valence-electron chi connectivity index (χ0n) is 16.8. The first-order chi connectivity index (χ1) is 14.1. The molecule has 2 aromatic carbocycles. The van der Waals surface area contributed by atoms with Crippen LogP contribution in [0, 0.1) is 0 Å². The van der Waals surface area contributed by atoms with Crippen LogP contribution in [0.25, 0.3) is 12.2 Å². The normalized spacial score (nSPS) is 15.1. The molecular formula is C24H27N3O2. The van der Waals surface area contributed by atoms with Gasteiger partial charge in [0.25, 0.3) is 0 Å². The van der Waals surface area contributed by atoms with E-state index in [2.05, 4.69) is 34.5 Å². The summed E-state index contributed by atoms with van der Waals surface area (Å²) in [6.07, 6.45) is 7.75. The number of carbonyl (C=O) groups is 2. The maximum atomic E-state index is 12.4. The lowest BCUT2D eigenvalue weighted by Gasteiger charge is -2.33. The molecule has 1 fully saturated rings.